The summed E-state index contributed by atoms with van der Waals surface area (Å²) < 4.78 is 0. The average molecular weight is 243 g/mol. The summed E-state index contributed by atoms with van der Waals surface area (Å²) in [5.74, 6) is -1.15. The number of Topliss-reactive ketones (excluding diaryl/α,β-unsaturated/α-hetero) is 2. The van der Waals surface area contributed by atoms with Gasteiger partial charge in [-0.05, 0) is 27.7 Å². The predicted molar refractivity (Wildman–Crippen MR) is 63.5 cm³/mol. The summed E-state index contributed by atoms with van der Waals surface area (Å²) in [5, 5.41) is 9.63. The third-order valence-corrected chi connectivity index (χ3v) is 2.76. The van der Waals surface area contributed by atoms with Crippen LogP contribution in [0.1, 0.15) is 40.5 Å². The first-order valence-electron chi connectivity index (χ1n) is 5.77. The van der Waals surface area contributed by atoms with Crippen molar-refractivity contribution in [3.63, 3.8) is 0 Å². The summed E-state index contributed by atoms with van der Waals surface area (Å²) in [6, 6.07) is 0. The smallest absolute Gasteiger partial charge is 0.229 e. The van der Waals surface area contributed by atoms with E-state index in [1.807, 2.05) is 13.8 Å². The van der Waals surface area contributed by atoms with Gasteiger partial charge in [-0.15, -0.1) is 0 Å². The second kappa shape index (κ2) is 6.49. The van der Waals surface area contributed by atoms with Crippen molar-refractivity contribution in [2.75, 3.05) is 13.1 Å². The van der Waals surface area contributed by atoms with Crippen LogP contribution in [0.5, 0.6) is 0 Å². The van der Waals surface area contributed by atoms with Crippen LogP contribution in [0.3, 0.4) is 0 Å². The molecule has 0 saturated heterocycles. The lowest BCUT2D eigenvalue weighted by molar-refractivity contribution is -0.142. The molecule has 0 aliphatic carbocycles. The van der Waals surface area contributed by atoms with Gasteiger partial charge in [0.1, 0.15) is 11.4 Å². The van der Waals surface area contributed by atoms with Crippen LogP contribution in [0.15, 0.2) is 0 Å². The first-order valence-corrected chi connectivity index (χ1v) is 5.77. The van der Waals surface area contributed by atoms with Crippen molar-refractivity contribution in [2.45, 2.75) is 46.1 Å². The van der Waals surface area contributed by atoms with Crippen molar-refractivity contribution >= 4 is 17.5 Å². The van der Waals surface area contributed by atoms with Crippen molar-refractivity contribution in [3.8, 4) is 0 Å². The maximum Gasteiger partial charge on any atom is 0.229 e. The van der Waals surface area contributed by atoms with Gasteiger partial charge in [-0.25, -0.2) is 0 Å². The van der Waals surface area contributed by atoms with E-state index in [1.54, 1.807) is 4.90 Å². The van der Waals surface area contributed by atoms with E-state index in [0.29, 0.717) is 13.1 Å². The van der Waals surface area contributed by atoms with E-state index in [1.165, 1.54) is 13.8 Å². The maximum atomic E-state index is 11.6. The first-order chi connectivity index (χ1) is 7.74. The molecule has 1 N–H and O–H groups in total. The number of ketones is 2. The average Bonchev–Trinajstić information content (AvgIpc) is 2.17. The highest BCUT2D eigenvalue weighted by molar-refractivity contribution is 6.00. The largest absolute Gasteiger partial charge is 0.382 e. The molecule has 0 aliphatic rings. The van der Waals surface area contributed by atoms with Gasteiger partial charge in [-0.1, -0.05) is 0 Å². The molecule has 0 spiro atoms. The van der Waals surface area contributed by atoms with E-state index in [9.17, 15) is 19.5 Å². The lowest BCUT2D eigenvalue weighted by Crippen LogP contribution is -2.38. The molecule has 0 radical (unpaired) electrons. The second-order valence-electron chi connectivity index (χ2n) is 4.29. The highest BCUT2D eigenvalue weighted by atomic mass is 16.3. The minimum Gasteiger partial charge on any atom is -0.382 e. The van der Waals surface area contributed by atoms with Gasteiger partial charge in [0.05, 0.1) is 6.42 Å². The molecule has 0 aromatic carbocycles. The SMILES string of the molecule is CCN(CC)C(=O)CC(=O)CC(C)(O)C(C)=O. The zero-order valence-electron chi connectivity index (χ0n) is 10.9. The second-order valence-corrected chi connectivity index (χ2v) is 4.29. The van der Waals surface area contributed by atoms with E-state index in [0.717, 1.165) is 0 Å². The Kier molecular flexibility index (Phi) is 6.02. The summed E-state index contributed by atoms with van der Waals surface area (Å²) in [6.45, 7) is 7.27. The Morgan fingerprint density at radius 3 is 2.00 bits per heavy atom. The Balaban J connectivity index is 4.37. The van der Waals surface area contributed by atoms with Gasteiger partial charge < -0.3 is 10.0 Å². The Hall–Kier alpha value is -1.23. The standard InChI is InChI=1S/C12H21NO4/c1-5-13(6-2)11(16)7-10(15)8-12(4,17)9(3)14/h17H,5-8H2,1-4H3. The van der Waals surface area contributed by atoms with Gasteiger partial charge in [-0.2, -0.15) is 0 Å². The van der Waals surface area contributed by atoms with E-state index in [4.69, 9.17) is 0 Å². The maximum absolute atomic E-state index is 11.6. The summed E-state index contributed by atoms with van der Waals surface area (Å²) in [6.07, 6.45) is -0.569. The van der Waals surface area contributed by atoms with Gasteiger partial charge in [0, 0.05) is 19.5 Å². The van der Waals surface area contributed by atoms with Gasteiger partial charge in [0.15, 0.2) is 5.78 Å². The van der Waals surface area contributed by atoms with Crippen LogP contribution in [0.2, 0.25) is 0 Å². The molecule has 1 atom stereocenters. The molecule has 0 heterocycles. The number of carbonyl (C=O) groups excluding carboxylic acids is 3. The molecule has 5 nitrogen and oxygen atoms in total. The van der Waals surface area contributed by atoms with E-state index < -0.39 is 17.2 Å². The molecule has 17 heavy (non-hydrogen) atoms. The lowest BCUT2D eigenvalue weighted by Gasteiger charge is -2.21. The Bertz CT molecular complexity index is 306. The highest BCUT2D eigenvalue weighted by Gasteiger charge is 2.30. The zero-order chi connectivity index (χ0) is 13.6. The molecule has 0 aromatic rings. The minimum absolute atomic E-state index is 0.259. The summed E-state index contributed by atoms with van der Waals surface area (Å²) in [4.78, 5) is 35.7. The van der Waals surface area contributed by atoms with Crippen molar-refractivity contribution in [1.29, 1.82) is 0 Å². The van der Waals surface area contributed by atoms with Crippen molar-refractivity contribution in [2.24, 2.45) is 0 Å². The zero-order valence-corrected chi connectivity index (χ0v) is 10.9. The van der Waals surface area contributed by atoms with Crippen LogP contribution in [-0.4, -0.2) is 46.2 Å². The third-order valence-electron chi connectivity index (χ3n) is 2.76. The van der Waals surface area contributed by atoms with Crippen molar-refractivity contribution < 1.29 is 19.5 Å². The molecule has 1 amide bonds. The fourth-order valence-corrected chi connectivity index (χ4v) is 1.43. The van der Waals surface area contributed by atoms with Crippen LogP contribution < -0.4 is 0 Å². The number of aliphatic hydroxyl groups is 1. The van der Waals surface area contributed by atoms with Crippen LogP contribution in [0, 0.1) is 0 Å². The van der Waals surface area contributed by atoms with Crippen molar-refractivity contribution in [3.05, 3.63) is 0 Å². The topological polar surface area (TPSA) is 74.7 Å². The van der Waals surface area contributed by atoms with Crippen LogP contribution in [0.25, 0.3) is 0 Å². The number of rotatable bonds is 7. The summed E-state index contributed by atoms with van der Waals surface area (Å²) in [5.41, 5.74) is -1.67. The molecule has 5 heteroatoms. The molecular formula is C12H21NO4. The van der Waals surface area contributed by atoms with E-state index in [-0.39, 0.29) is 18.7 Å². The predicted octanol–water partition coefficient (Wildman–Crippen LogP) is 0.544. The number of hydrogen-bond donors (Lipinski definition) is 1. The Morgan fingerprint density at radius 2 is 1.65 bits per heavy atom. The lowest BCUT2D eigenvalue weighted by atomic mass is 9.94. The monoisotopic (exact) mass is 243 g/mol. The molecular weight excluding hydrogens is 222 g/mol. The van der Waals surface area contributed by atoms with Crippen LogP contribution in [-0.2, 0) is 14.4 Å². The minimum atomic E-state index is -1.67. The molecule has 0 aromatic heterocycles. The van der Waals surface area contributed by atoms with E-state index >= 15 is 0 Å². The quantitative estimate of drug-likeness (QED) is 0.662. The normalized spacial score (nSPS) is 13.9. The summed E-state index contributed by atoms with van der Waals surface area (Å²) >= 11 is 0. The van der Waals surface area contributed by atoms with Crippen molar-refractivity contribution in [1.82, 2.24) is 4.90 Å². The molecule has 0 bridgehead atoms. The van der Waals surface area contributed by atoms with Gasteiger partial charge in [0.2, 0.25) is 5.91 Å². The Labute approximate surface area is 102 Å². The molecule has 0 fully saturated rings. The fraction of sp³-hybridized carbons (Fsp3) is 0.750. The highest BCUT2D eigenvalue weighted by Crippen LogP contribution is 2.12. The summed E-state index contributed by atoms with van der Waals surface area (Å²) in [7, 11) is 0. The number of nitrogens with zero attached hydrogens (tertiary/aromatic N) is 1. The fourth-order valence-electron chi connectivity index (χ4n) is 1.43. The Morgan fingerprint density at radius 1 is 1.18 bits per heavy atom. The molecule has 1 unspecified atom stereocenters. The number of carbonyl (C=O) groups is 3. The van der Waals surface area contributed by atoms with Crippen LogP contribution in [0.4, 0.5) is 0 Å². The number of hydrogen-bond acceptors (Lipinski definition) is 4. The van der Waals surface area contributed by atoms with Gasteiger partial charge in [0.25, 0.3) is 0 Å². The molecule has 0 aliphatic heterocycles. The van der Waals surface area contributed by atoms with Gasteiger partial charge in [-0.3, -0.25) is 14.4 Å². The first kappa shape index (κ1) is 15.8. The molecule has 0 rings (SSSR count). The number of amides is 1. The van der Waals surface area contributed by atoms with Gasteiger partial charge >= 0.3 is 0 Å². The molecule has 98 valence electrons. The van der Waals surface area contributed by atoms with Crippen LogP contribution >= 0.6 is 0 Å². The molecule has 0 saturated carbocycles. The third kappa shape index (κ3) is 5.08. The van der Waals surface area contributed by atoms with E-state index in [2.05, 4.69) is 0 Å².